The number of rotatable bonds is 3. The minimum absolute atomic E-state index is 0. The number of hydrogen-bond donors (Lipinski definition) is 0. The van der Waals surface area contributed by atoms with Crippen molar-refractivity contribution in [1.82, 2.24) is 0 Å². The van der Waals surface area contributed by atoms with Gasteiger partial charge in [0.1, 0.15) is 0 Å². The molecule has 29 heavy (non-hydrogen) atoms. The highest BCUT2D eigenvalue weighted by molar-refractivity contribution is 6.13. The topological polar surface area (TPSA) is 0 Å². The molecule has 4 aromatic rings. The lowest BCUT2D eigenvalue weighted by molar-refractivity contribution is 0.735. The van der Waals surface area contributed by atoms with Crippen molar-refractivity contribution in [3.63, 3.8) is 0 Å². The summed E-state index contributed by atoms with van der Waals surface area (Å²) in [6, 6.07) is 24.9. The van der Waals surface area contributed by atoms with Gasteiger partial charge in [-0.05, 0) is 75.5 Å². The number of hydrogen-bond acceptors (Lipinski definition) is 0. The van der Waals surface area contributed by atoms with Gasteiger partial charge >= 0.3 is 0 Å². The van der Waals surface area contributed by atoms with Crippen molar-refractivity contribution in [3.8, 4) is 11.1 Å². The normalized spacial score (nSPS) is 11.5. The Hall–Kier alpha value is -2.60. The Morgan fingerprint density at radius 3 is 2.07 bits per heavy atom. The molecule has 0 aliphatic heterocycles. The van der Waals surface area contributed by atoms with E-state index in [-0.39, 0.29) is 7.43 Å². The number of benzene rings is 4. The van der Waals surface area contributed by atoms with E-state index in [1.54, 1.807) is 0 Å². The summed E-state index contributed by atoms with van der Waals surface area (Å²) in [5, 5.41) is 5.39. The van der Waals surface area contributed by atoms with Crippen molar-refractivity contribution in [3.05, 3.63) is 83.4 Å². The first-order valence-corrected chi connectivity index (χ1v) is 10.6. The van der Waals surface area contributed by atoms with Gasteiger partial charge in [0, 0.05) is 0 Å². The van der Waals surface area contributed by atoms with Crippen LogP contribution in [0.3, 0.4) is 0 Å². The van der Waals surface area contributed by atoms with Crippen LogP contribution in [-0.4, -0.2) is 0 Å². The van der Waals surface area contributed by atoms with Gasteiger partial charge in [0.15, 0.2) is 0 Å². The van der Waals surface area contributed by atoms with Crippen LogP contribution in [0.15, 0.2) is 66.7 Å². The molecule has 0 aliphatic rings. The lowest BCUT2D eigenvalue weighted by atomic mass is 9.88. The molecule has 4 rings (SSSR count). The Morgan fingerprint density at radius 1 is 0.724 bits per heavy atom. The zero-order valence-electron chi connectivity index (χ0n) is 18.1. The van der Waals surface area contributed by atoms with Crippen LogP contribution in [0.5, 0.6) is 0 Å². The maximum Gasteiger partial charge on any atom is -0.00732 e. The molecule has 1 atom stereocenters. The van der Waals surface area contributed by atoms with Crippen LogP contribution >= 0.6 is 0 Å². The molecule has 1 unspecified atom stereocenters. The van der Waals surface area contributed by atoms with Crippen molar-refractivity contribution in [2.45, 2.75) is 61.3 Å². The number of fused-ring (bicyclic) bond motifs is 3. The van der Waals surface area contributed by atoms with E-state index in [1.165, 1.54) is 55.8 Å². The maximum atomic E-state index is 2.37. The molecule has 0 saturated heterocycles. The first kappa shape index (κ1) is 22.7. The monoisotopic (exact) mass is 384 g/mol. The minimum atomic E-state index is 0. The Kier molecular flexibility index (Phi) is 7.62. The van der Waals surface area contributed by atoms with E-state index in [1.807, 2.05) is 13.8 Å². The van der Waals surface area contributed by atoms with Gasteiger partial charge in [-0.1, -0.05) is 102 Å². The molecule has 0 amide bonds. The summed E-state index contributed by atoms with van der Waals surface area (Å²) in [7, 11) is 0. The smallest absolute Gasteiger partial charge is 0.00732 e. The van der Waals surface area contributed by atoms with Crippen LogP contribution in [0.2, 0.25) is 0 Å². The van der Waals surface area contributed by atoms with Crippen molar-refractivity contribution in [2.75, 3.05) is 0 Å². The van der Waals surface area contributed by atoms with Crippen LogP contribution in [0.1, 0.15) is 64.2 Å². The lowest BCUT2D eigenvalue weighted by Crippen LogP contribution is -1.92. The van der Waals surface area contributed by atoms with Crippen LogP contribution in [0.4, 0.5) is 0 Å². The molecular formula is C29H36. The SMILES string of the molecule is C.CC.CCC(C)c1ccc2c(ccc3c(-c4ccccc4C)c(C)ccc32)c1. The van der Waals surface area contributed by atoms with Gasteiger partial charge in [-0.2, -0.15) is 0 Å². The fourth-order valence-electron chi connectivity index (χ4n) is 4.03. The third kappa shape index (κ3) is 4.22. The maximum absolute atomic E-state index is 2.37. The van der Waals surface area contributed by atoms with E-state index in [0.717, 1.165) is 0 Å². The lowest BCUT2D eigenvalue weighted by Gasteiger charge is -2.16. The van der Waals surface area contributed by atoms with E-state index in [0.29, 0.717) is 5.92 Å². The molecule has 0 nitrogen and oxygen atoms in total. The molecule has 152 valence electrons. The predicted octanol–water partition coefficient (Wildman–Crippen LogP) is 9.45. The van der Waals surface area contributed by atoms with Gasteiger partial charge in [0.05, 0.1) is 0 Å². The van der Waals surface area contributed by atoms with Gasteiger partial charge in [0.25, 0.3) is 0 Å². The van der Waals surface area contributed by atoms with Crippen LogP contribution in [0.25, 0.3) is 32.7 Å². The highest BCUT2D eigenvalue weighted by Gasteiger charge is 2.12. The zero-order valence-corrected chi connectivity index (χ0v) is 18.1. The van der Waals surface area contributed by atoms with E-state index in [4.69, 9.17) is 0 Å². The predicted molar refractivity (Wildman–Crippen MR) is 133 cm³/mol. The quantitative estimate of drug-likeness (QED) is 0.308. The third-order valence-electron chi connectivity index (χ3n) is 5.85. The Balaban J connectivity index is 0.000000970. The molecule has 0 aliphatic carbocycles. The minimum Gasteiger partial charge on any atom is -0.0776 e. The molecule has 0 heteroatoms. The van der Waals surface area contributed by atoms with Crippen molar-refractivity contribution >= 4 is 21.5 Å². The molecule has 0 spiro atoms. The average molecular weight is 385 g/mol. The van der Waals surface area contributed by atoms with Gasteiger partial charge in [-0.3, -0.25) is 0 Å². The van der Waals surface area contributed by atoms with E-state index in [2.05, 4.69) is 94.4 Å². The standard InChI is InChI=1S/C26H26.C2H6.CH4/c1-5-17(2)20-11-14-23-21(16-20)12-15-25-24(23)13-10-19(4)26(25)22-9-7-6-8-18(22)3;1-2;/h6-17H,5H2,1-4H3;1-2H3;1H4. The molecule has 0 fully saturated rings. The molecule has 0 bridgehead atoms. The molecule has 0 heterocycles. The zero-order chi connectivity index (χ0) is 20.3. The third-order valence-corrected chi connectivity index (χ3v) is 5.85. The molecule has 0 saturated carbocycles. The molecule has 0 radical (unpaired) electrons. The first-order valence-electron chi connectivity index (χ1n) is 10.6. The first-order chi connectivity index (χ1) is 13.6. The molecule has 0 aromatic heterocycles. The summed E-state index contributed by atoms with van der Waals surface area (Å²) in [6.45, 7) is 13.0. The summed E-state index contributed by atoms with van der Waals surface area (Å²) in [6.07, 6.45) is 1.18. The highest BCUT2D eigenvalue weighted by Crippen LogP contribution is 2.37. The average Bonchev–Trinajstić information content (AvgIpc) is 2.74. The molecular weight excluding hydrogens is 348 g/mol. The summed E-state index contributed by atoms with van der Waals surface area (Å²) < 4.78 is 0. The summed E-state index contributed by atoms with van der Waals surface area (Å²) in [4.78, 5) is 0. The second kappa shape index (κ2) is 9.74. The Morgan fingerprint density at radius 2 is 1.38 bits per heavy atom. The Bertz CT molecular complexity index is 1100. The highest BCUT2D eigenvalue weighted by atomic mass is 14.2. The summed E-state index contributed by atoms with van der Waals surface area (Å²) in [5.74, 6) is 0.607. The van der Waals surface area contributed by atoms with Gasteiger partial charge in [-0.15, -0.1) is 0 Å². The van der Waals surface area contributed by atoms with Crippen LogP contribution in [0, 0.1) is 13.8 Å². The van der Waals surface area contributed by atoms with Crippen molar-refractivity contribution < 1.29 is 0 Å². The van der Waals surface area contributed by atoms with Gasteiger partial charge in [-0.25, -0.2) is 0 Å². The Labute approximate surface area is 177 Å². The van der Waals surface area contributed by atoms with Gasteiger partial charge < -0.3 is 0 Å². The van der Waals surface area contributed by atoms with Crippen molar-refractivity contribution in [1.29, 1.82) is 0 Å². The van der Waals surface area contributed by atoms with Gasteiger partial charge in [0.2, 0.25) is 0 Å². The van der Waals surface area contributed by atoms with E-state index < -0.39 is 0 Å². The van der Waals surface area contributed by atoms with Crippen LogP contribution in [-0.2, 0) is 0 Å². The van der Waals surface area contributed by atoms with E-state index in [9.17, 15) is 0 Å². The second-order valence-corrected chi connectivity index (χ2v) is 7.52. The number of aryl methyl sites for hydroxylation is 2. The summed E-state index contributed by atoms with van der Waals surface area (Å²) >= 11 is 0. The molecule has 4 aromatic carbocycles. The van der Waals surface area contributed by atoms with Crippen LogP contribution < -0.4 is 0 Å². The largest absolute Gasteiger partial charge is 0.0776 e. The molecule has 0 N–H and O–H groups in total. The fraction of sp³-hybridized carbons (Fsp3) is 0.310. The van der Waals surface area contributed by atoms with E-state index >= 15 is 0 Å². The summed E-state index contributed by atoms with van der Waals surface area (Å²) in [5.41, 5.74) is 6.81. The fourth-order valence-corrected chi connectivity index (χ4v) is 4.03. The van der Waals surface area contributed by atoms with Crippen molar-refractivity contribution in [2.24, 2.45) is 0 Å². The second-order valence-electron chi connectivity index (χ2n) is 7.52.